The van der Waals surface area contributed by atoms with Crippen molar-refractivity contribution in [2.24, 2.45) is 5.92 Å². The minimum atomic E-state index is -0.190. The molecule has 26 heavy (non-hydrogen) atoms. The van der Waals surface area contributed by atoms with Crippen molar-refractivity contribution < 1.29 is 14.4 Å². The molecule has 0 N–H and O–H groups in total. The summed E-state index contributed by atoms with van der Waals surface area (Å²) in [6.45, 7) is 3.10. The van der Waals surface area contributed by atoms with Crippen LogP contribution in [0.2, 0.25) is 0 Å². The smallest absolute Gasteiger partial charge is 0.241 e. The summed E-state index contributed by atoms with van der Waals surface area (Å²) in [5.74, 6) is -0.194. The van der Waals surface area contributed by atoms with Gasteiger partial charge in [0.25, 0.3) is 0 Å². The monoisotopic (exact) mass is 357 g/mol. The van der Waals surface area contributed by atoms with Gasteiger partial charge in [0.1, 0.15) is 6.54 Å². The van der Waals surface area contributed by atoms with Crippen LogP contribution in [0.4, 0.5) is 0 Å². The van der Waals surface area contributed by atoms with Crippen LogP contribution in [0.25, 0.3) is 0 Å². The first-order valence-electron chi connectivity index (χ1n) is 9.19. The summed E-state index contributed by atoms with van der Waals surface area (Å²) in [6, 6.07) is 7.83. The van der Waals surface area contributed by atoms with Gasteiger partial charge in [-0.25, -0.2) is 0 Å². The van der Waals surface area contributed by atoms with E-state index in [0.717, 1.165) is 24.0 Å². The third-order valence-corrected chi connectivity index (χ3v) is 5.55. The van der Waals surface area contributed by atoms with Crippen molar-refractivity contribution in [3.05, 3.63) is 35.4 Å². The molecule has 1 aromatic carbocycles. The molecular formula is C20H27N3O3. The van der Waals surface area contributed by atoms with E-state index in [-0.39, 0.29) is 36.2 Å². The van der Waals surface area contributed by atoms with E-state index >= 15 is 0 Å². The number of carbonyl (C=O) groups excluding carboxylic acids is 3. The van der Waals surface area contributed by atoms with Gasteiger partial charge in [-0.2, -0.15) is 0 Å². The fraction of sp³-hybridized carbons (Fsp3) is 0.550. The van der Waals surface area contributed by atoms with Crippen LogP contribution in [0, 0.1) is 12.8 Å². The van der Waals surface area contributed by atoms with E-state index < -0.39 is 0 Å². The van der Waals surface area contributed by atoms with E-state index in [9.17, 15) is 14.4 Å². The standard InChI is InChI=1S/C20H27N3O3/c1-14-6-4-5-7-15(14)10-18(24)22-11-16-8-9-17(12-22)23(20(16)26)13-19(25)21(2)3/h4-7,16-17H,8-13H2,1-3H3/t16-,17+/m0/s1. The number of fused-ring (bicyclic) bond motifs is 4. The second-order valence-corrected chi connectivity index (χ2v) is 7.58. The highest BCUT2D eigenvalue weighted by atomic mass is 16.2. The zero-order chi connectivity index (χ0) is 18.8. The Kier molecular flexibility index (Phi) is 5.30. The van der Waals surface area contributed by atoms with Gasteiger partial charge in [0.2, 0.25) is 17.7 Å². The van der Waals surface area contributed by atoms with Crippen LogP contribution in [0.15, 0.2) is 24.3 Å². The molecule has 3 saturated heterocycles. The van der Waals surface area contributed by atoms with Gasteiger partial charge in [-0.1, -0.05) is 24.3 Å². The van der Waals surface area contributed by atoms with Crippen LogP contribution in [-0.4, -0.2) is 72.2 Å². The van der Waals surface area contributed by atoms with Crippen LogP contribution in [0.1, 0.15) is 24.0 Å². The van der Waals surface area contributed by atoms with E-state index in [1.54, 1.807) is 19.0 Å². The third kappa shape index (κ3) is 3.74. The van der Waals surface area contributed by atoms with Crippen LogP contribution in [-0.2, 0) is 20.8 Å². The molecule has 3 heterocycles. The van der Waals surface area contributed by atoms with Crippen LogP contribution in [0.5, 0.6) is 0 Å². The molecule has 2 bridgehead atoms. The summed E-state index contributed by atoms with van der Waals surface area (Å²) in [5.41, 5.74) is 2.13. The average Bonchev–Trinajstić information content (AvgIpc) is 2.89. The lowest BCUT2D eigenvalue weighted by molar-refractivity contribution is -0.145. The van der Waals surface area contributed by atoms with Gasteiger partial charge in [-0.05, 0) is 30.9 Å². The van der Waals surface area contributed by atoms with E-state index in [1.165, 1.54) is 4.90 Å². The number of amides is 3. The lowest BCUT2D eigenvalue weighted by atomic mass is 9.94. The number of benzene rings is 1. The number of hydrogen-bond acceptors (Lipinski definition) is 3. The highest BCUT2D eigenvalue weighted by Gasteiger charge is 2.42. The lowest BCUT2D eigenvalue weighted by Gasteiger charge is -2.35. The molecule has 0 radical (unpaired) electrons. The Morgan fingerprint density at radius 3 is 2.58 bits per heavy atom. The van der Waals surface area contributed by atoms with Crippen molar-refractivity contribution in [3.8, 4) is 0 Å². The minimum absolute atomic E-state index is 0.0163. The first kappa shape index (κ1) is 18.4. The number of carbonyl (C=O) groups is 3. The van der Waals surface area contributed by atoms with Crippen molar-refractivity contribution in [2.75, 3.05) is 33.7 Å². The number of rotatable bonds is 4. The molecule has 140 valence electrons. The second-order valence-electron chi connectivity index (χ2n) is 7.58. The Bertz CT molecular complexity index is 716. The summed E-state index contributed by atoms with van der Waals surface area (Å²) < 4.78 is 0. The van der Waals surface area contributed by atoms with Crippen LogP contribution < -0.4 is 0 Å². The number of hydrogen-bond donors (Lipinski definition) is 0. The molecule has 0 saturated carbocycles. The zero-order valence-electron chi connectivity index (χ0n) is 15.8. The SMILES string of the molecule is Cc1ccccc1CC(=O)N1C[C@@H]2CC[C@H](C1)N(CC(=O)N(C)C)C2=O. The number of aryl methyl sites for hydroxylation is 1. The van der Waals surface area contributed by atoms with Crippen molar-refractivity contribution in [2.45, 2.75) is 32.2 Å². The molecule has 2 atom stereocenters. The summed E-state index contributed by atoms with van der Waals surface area (Å²) in [4.78, 5) is 42.7. The molecule has 0 aromatic heterocycles. The largest absolute Gasteiger partial charge is 0.347 e. The Morgan fingerprint density at radius 1 is 1.15 bits per heavy atom. The Hall–Kier alpha value is -2.37. The molecule has 0 spiro atoms. The molecule has 3 amide bonds. The van der Waals surface area contributed by atoms with Crippen molar-refractivity contribution >= 4 is 17.7 Å². The molecule has 1 aromatic rings. The molecule has 3 aliphatic rings. The van der Waals surface area contributed by atoms with Gasteiger partial charge in [0.05, 0.1) is 12.3 Å². The zero-order valence-corrected chi connectivity index (χ0v) is 15.8. The van der Waals surface area contributed by atoms with Crippen LogP contribution in [0.3, 0.4) is 0 Å². The topological polar surface area (TPSA) is 60.9 Å². The predicted octanol–water partition coefficient (Wildman–Crippen LogP) is 1.08. The normalized spacial score (nSPS) is 22.3. The average molecular weight is 357 g/mol. The first-order valence-corrected chi connectivity index (χ1v) is 9.19. The van der Waals surface area contributed by atoms with Gasteiger partial charge < -0.3 is 14.7 Å². The number of nitrogens with zero attached hydrogens (tertiary/aromatic N) is 3. The van der Waals surface area contributed by atoms with Gasteiger partial charge in [-0.15, -0.1) is 0 Å². The van der Waals surface area contributed by atoms with E-state index in [4.69, 9.17) is 0 Å². The van der Waals surface area contributed by atoms with Crippen molar-refractivity contribution in [3.63, 3.8) is 0 Å². The molecule has 3 aliphatic heterocycles. The van der Waals surface area contributed by atoms with Gasteiger partial charge in [-0.3, -0.25) is 14.4 Å². The fourth-order valence-corrected chi connectivity index (χ4v) is 3.82. The van der Waals surface area contributed by atoms with Crippen LogP contribution >= 0.6 is 0 Å². The molecular weight excluding hydrogens is 330 g/mol. The number of piperidine rings is 1. The fourth-order valence-electron chi connectivity index (χ4n) is 3.82. The molecule has 0 aliphatic carbocycles. The maximum atomic E-state index is 12.9. The quantitative estimate of drug-likeness (QED) is 0.810. The molecule has 6 heteroatoms. The maximum absolute atomic E-state index is 12.9. The third-order valence-electron chi connectivity index (χ3n) is 5.55. The summed E-state index contributed by atoms with van der Waals surface area (Å²) in [5, 5.41) is 0. The Morgan fingerprint density at radius 2 is 1.88 bits per heavy atom. The first-order chi connectivity index (χ1) is 12.4. The predicted molar refractivity (Wildman–Crippen MR) is 98.4 cm³/mol. The minimum Gasteiger partial charge on any atom is -0.347 e. The number of likely N-dealkylation sites (N-methyl/N-ethyl adjacent to an activating group) is 1. The molecule has 4 rings (SSSR count). The summed E-state index contributed by atoms with van der Waals surface area (Å²) in [7, 11) is 3.39. The molecule has 0 unspecified atom stereocenters. The van der Waals surface area contributed by atoms with Gasteiger partial charge in [0, 0.05) is 33.2 Å². The van der Waals surface area contributed by atoms with E-state index in [0.29, 0.717) is 19.5 Å². The second kappa shape index (κ2) is 7.48. The highest BCUT2D eigenvalue weighted by Crippen LogP contribution is 2.29. The molecule has 3 fully saturated rings. The Labute approximate surface area is 154 Å². The van der Waals surface area contributed by atoms with Crippen molar-refractivity contribution in [1.82, 2.24) is 14.7 Å². The lowest BCUT2D eigenvalue weighted by Crippen LogP contribution is -2.51. The molecule has 6 nitrogen and oxygen atoms in total. The van der Waals surface area contributed by atoms with Gasteiger partial charge in [0.15, 0.2) is 0 Å². The van der Waals surface area contributed by atoms with E-state index in [1.807, 2.05) is 36.1 Å². The van der Waals surface area contributed by atoms with E-state index in [2.05, 4.69) is 0 Å². The summed E-state index contributed by atoms with van der Waals surface area (Å²) in [6.07, 6.45) is 2.01. The maximum Gasteiger partial charge on any atom is 0.241 e. The summed E-state index contributed by atoms with van der Waals surface area (Å²) >= 11 is 0. The Balaban J connectivity index is 1.72. The highest BCUT2D eigenvalue weighted by molar-refractivity contribution is 5.88. The van der Waals surface area contributed by atoms with Crippen molar-refractivity contribution in [1.29, 1.82) is 0 Å². The van der Waals surface area contributed by atoms with Gasteiger partial charge >= 0.3 is 0 Å².